The van der Waals surface area contributed by atoms with Crippen LogP contribution in [0.15, 0.2) is 12.1 Å². The van der Waals surface area contributed by atoms with Gasteiger partial charge in [0.2, 0.25) is 0 Å². The third-order valence-electron chi connectivity index (χ3n) is 2.37. The molecular formula is C12H14F2O2. The number of halogens is 2. The Morgan fingerprint density at radius 2 is 2.00 bits per heavy atom. The van der Waals surface area contributed by atoms with Crippen LogP contribution in [0.5, 0.6) is 5.75 Å². The number of carbonyl (C=O) groups excluding carboxylic acids is 1. The summed E-state index contributed by atoms with van der Waals surface area (Å²) in [7, 11) is 1.36. The van der Waals surface area contributed by atoms with Gasteiger partial charge in [-0.25, -0.2) is 8.78 Å². The Hall–Kier alpha value is -1.45. The summed E-state index contributed by atoms with van der Waals surface area (Å²) in [5, 5.41) is 0. The van der Waals surface area contributed by atoms with E-state index in [1.54, 1.807) is 13.8 Å². The summed E-state index contributed by atoms with van der Waals surface area (Å²) < 4.78 is 31.4. The largest absolute Gasteiger partial charge is 0.496 e. The number of carbonyl (C=O) groups is 1. The van der Waals surface area contributed by atoms with Crippen LogP contribution in [-0.4, -0.2) is 12.9 Å². The number of ether oxygens (including phenoxy) is 1. The number of rotatable bonds is 4. The van der Waals surface area contributed by atoms with Gasteiger partial charge in [-0.15, -0.1) is 0 Å². The van der Waals surface area contributed by atoms with Crippen LogP contribution in [0, 0.1) is 17.6 Å². The smallest absolute Gasteiger partial charge is 0.166 e. The fourth-order valence-electron chi connectivity index (χ4n) is 1.31. The van der Waals surface area contributed by atoms with Gasteiger partial charge in [-0.2, -0.15) is 0 Å². The van der Waals surface area contributed by atoms with Crippen molar-refractivity contribution < 1.29 is 18.3 Å². The van der Waals surface area contributed by atoms with Crippen molar-refractivity contribution in [2.75, 3.05) is 7.11 Å². The highest BCUT2D eigenvalue weighted by Crippen LogP contribution is 2.25. The molecule has 0 saturated carbocycles. The van der Waals surface area contributed by atoms with Gasteiger partial charge in [-0.05, 0) is 12.1 Å². The second kappa shape index (κ2) is 5.05. The minimum Gasteiger partial charge on any atom is -0.496 e. The normalized spacial score (nSPS) is 10.6. The van der Waals surface area contributed by atoms with Crippen LogP contribution in [0.4, 0.5) is 8.78 Å². The summed E-state index contributed by atoms with van der Waals surface area (Å²) >= 11 is 0. The van der Waals surface area contributed by atoms with Gasteiger partial charge in [-0.1, -0.05) is 13.8 Å². The van der Waals surface area contributed by atoms with E-state index in [1.165, 1.54) is 13.2 Å². The molecule has 0 radical (unpaired) electrons. The van der Waals surface area contributed by atoms with E-state index in [-0.39, 0.29) is 29.4 Å². The summed E-state index contributed by atoms with van der Waals surface area (Å²) in [6, 6.07) is 2.30. The molecule has 88 valence electrons. The zero-order valence-electron chi connectivity index (χ0n) is 9.51. The number of ketones is 1. The third kappa shape index (κ3) is 2.56. The van der Waals surface area contributed by atoms with Crippen LogP contribution in [0.1, 0.15) is 19.4 Å². The van der Waals surface area contributed by atoms with E-state index in [2.05, 4.69) is 0 Å². The van der Waals surface area contributed by atoms with E-state index in [1.807, 2.05) is 0 Å². The zero-order valence-corrected chi connectivity index (χ0v) is 9.51. The fraction of sp³-hybridized carbons (Fsp3) is 0.417. The monoisotopic (exact) mass is 228 g/mol. The van der Waals surface area contributed by atoms with Crippen LogP contribution in [-0.2, 0) is 11.2 Å². The minimum atomic E-state index is -1.01. The second-order valence-corrected chi connectivity index (χ2v) is 3.84. The van der Waals surface area contributed by atoms with Crippen LogP contribution in [0.3, 0.4) is 0 Å². The molecule has 0 amide bonds. The van der Waals surface area contributed by atoms with E-state index >= 15 is 0 Å². The lowest BCUT2D eigenvalue weighted by Gasteiger charge is -2.10. The van der Waals surface area contributed by atoms with Gasteiger partial charge in [0.15, 0.2) is 11.6 Å². The highest BCUT2D eigenvalue weighted by Gasteiger charge is 2.18. The maximum Gasteiger partial charge on any atom is 0.166 e. The number of methoxy groups -OCH3 is 1. The molecule has 0 bridgehead atoms. The topological polar surface area (TPSA) is 26.3 Å². The molecule has 4 heteroatoms. The molecule has 1 aromatic rings. The molecule has 0 atom stereocenters. The molecule has 2 nitrogen and oxygen atoms in total. The average molecular weight is 228 g/mol. The summed E-state index contributed by atoms with van der Waals surface area (Å²) in [6.07, 6.45) is -0.148. The molecule has 0 aliphatic rings. The standard InChI is InChI=1S/C12H14F2O2/c1-7(2)10(15)6-8-11(16-3)5-4-9(13)12(8)14/h4-5,7H,6H2,1-3H3. The SMILES string of the molecule is COc1ccc(F)c(F)c1CC(=O)C(C)C. The minimum absolute atomic E-state index is 0.0128. The van der Waals surface area contributed by atoms with E-state index < -0.39 is 11.6 Å². The molecule has 0 heterocycles. The van der Waals surface area contributed by atoms with Crippen molar-refractivity contribution in [1.29, 1.82) is 0 Å². The Morgan fingerprint density at radius 1 is 1.38 bits per heavy atom. The summed E-state index contributed by atoms with van der Waals surface area (Å²) in [4.78, 5) is 11.5. The maximum absolute atomic E-state index is 13.5. The highest BCUT2D eigenvalue weighted by atomic mass is 19.2. The first-order valence-electron chi connectivity index (χ1n) is 5.01. The van der Waals surface area contributed by atoms with Crippen LogP contribution < -0.4 is 4.74 Å². The van der Waals surface area contributed by atoms with Gasteiger partial charge in [0, 0.05) is 17.9 Å². The lowest BCUT2D eigenvalue weighted by molar-refractivity contribution is -0.121. The van der Waals surface area contributed by atoms with Crippen molar-refractivity contribution in [1.82, 2.24) is 0 Å². The van der Waals surface area contributed by atoms with Crippen LogP contribution in [0.2, 0.25) is 0 Å². The number of Topliss-reactive ketones (excluding diaryl/α,β-unsaturated/α-hetero) is 1. The Balaban J connectivity index is 3.10. The van der Waals surface area contributed by atoms with E-state index in [0.29, 0.717) is 0 Å². The van der Waals surface area contributed by atoms with Crippen molar-refractivity contribution in [3.05, 3.63) is 29.3 Å². The predicted molar refractivity (Wildman–Crippen MR) is 56.5 cm³/mol. The Labute approximate surface area is 93.2 Å². The van der Waals surface area contributed by atoms with Gasteiger partial charge >= 0.3 is 0 Å². The van der Waals surface area contributed by atoms with E-state index in [9.17, 15) is 13.6 Å². The van der Waals surface area contributed by atoms with Crippen molar-refractivity contribution >= 4 is 5.78 Å². The third-order valence-corrected chi connectivity index (χ3v) is 2.37. The van der Waals surface area contributed by atoms with E-state index in [0.717, 1.165) is 6.07 Å². The number of hydrogen-bond donors (Lipinski definition) is 0. The van der Waals surface area contributed by atoms with Gasteiger partial charge in [-0.3, -0.25) is 4.79 Å². The lowest BCUT2D eigenvalue weighted by Crippen LogP contribution is -2.13. The Kier molecular flexibility index (Phi) is 3.99. The lowest BCUT2D eigenvalue weighted by atomic mass is 10.00. The van der Waals surface area contributed by atoms with Crippen molar-refractivity contribution in [3.8, 4) is 5.75 Å². The molecule has 0 unspecified atom stereocenters. The predicted octanol–water partition coefficient (Wildman–Crippen LogP) is 2.74. The molecule has 0 saturated heterocycles. The van der Waals surface area contributed by atoms with Gasteiger partial charge in [0.25, 0.3) is 0 Å². The molecule has 1 rings (SSSR count). The highest BCUT2D eigenvalue weighted by molar-refractivity contribution is 5.83. The summed E-state index contributed by atoms with van der Waals surface area (Å²) in [6.45, 7) is 3.43. The molecule has 0 fully saturated rings. The molecule has 0 aliphatic carbocycles. The van der Waals surface area contributed by atoms with Crippen molar-refractivity contribution in [2.45, 2.75) is 20.3 Å². The Bertz CT molecular complexity index is 400. The fourth-order valence-corrected chi connectivity index (χ4v) is 1.31. The molecule has 0 spiro atoms. The van der Waals surface area contributed by atoms with Gasteiger partial charge in [0.05, 0.1) is 7.11 Å². The Morgan fingerprint density at radius 3 is 2.50 bits per heavy atom. The number of hydrogen-bond acceptors (Lipinski definition) is 2. The average Bonchev–Trinajstić information content (AvgIpc) is 2.25. The van der Waals surface area contributed by atoms with Gasteiger partial charge in [0.1, 0.15) is 11.5 Å². The van der Waals surface area contributed by atoms with Crippen LogP contribution >= 0.6 is 0 Å². The molecule has 0 aliphatic heterocycles. The first kappa shape index (κ1) is 12.6. The zero-order chi connectivity index (χ0) is 12.3. The molecule has 0 aromatic heterocycles. The summed E-state index contributed by atoms with van der Waals surface area (Å²) in [5.41, 5.74) is -0.0128. The molecular weight excluding hydrogens is 214 g/mol. The molecule has 0 N–H and O–H groups in total. The summed E-state index contributed by atoms with van der Waals surface area (Å²) in [5.74, 6) is -2.14. The van der Waals surface area contributed by atoms with Gasteiger partial charge < -0.3 is 4.74 Å². The molecule has 1 aromatic carbocycles. The quantitative estimate of drug-likeness (QED) is 0.792. The first-order valence-corrected chi connectivity index (χ1v) is 5.01. The number of benzene rings is 1. The van der Waals surface area contributed by atoms with Crippen LogP contribution in [0.25, 0.3) is 0 Å². The first-order chi connectivity index (χ1) is 7.47. The van der Waals surface area contributed by atoms with E-state index in [4.69, 9.17) is 4.74 Å². The maximum atomic E-state index is 13.5. The second-order valence-electron chi connectivity index (χ2n) is 3.84. The molecule has 16 heavy (non-hydrogen) atoms. The van der Waals surface area contributed by atoms with Crippen molar-refractivity contribution in [2.24, 2.45) is 5.92 Å². The van der Waals surface area contributed by atoms with Crippen molar-refractivity contribution in [3.63, 3.8) is 0 Å².